The molecule has 4 rings (SSSR count). The van der Waals surface area contributed by atoms with Crippen LogP contribution in [0, 0.1) is 6.92 Å². The number of nitrogens with one attached hydrogen (secondary N) is 1. The van der Waals surface area contributed by atoms with E-state index in [-0.39, 0.29) is 23.1 Å². The van der Waals surface area contributed by atoms with Crippen LogP contribution in [0.5, 0.6) is 0 Å². The van der Waals surface area contributed by atoms with Crippen LogP contribution in [0.2, 0.25) is 5.02 Å². The Labute approximate surface area is 221 Å². The van der Waals surface area contributed by atoms with Crippen molar-refractivity contribution in [2.24, 2.45) is 0 Å². The molecule has 0 unspecified atom stereocenters. The van der Waals surface area contributed by atoms with Crippen molar-refractivity contribution in [2.45, 2.75) is 25.3 Å². The molecular formula is C29H25ClN2O4S. The first kappa shape index (κ1) is 26.1. The van der Waals surface area contributed by atoms with Crippen molar-refractivity contribution in [3.05, 3.63) is 124 Å². The Hall–Kier alpha value is -3.94. The van der Waals surface area contributed by atoms with Gasteiger partial charge in [0.25, 0.3) is 15.9 Å². The molecule has 0 spiro atoms. The highest BCUT2D eigenvalue weighted by molar-refractivity contribution is 7.92. The molecule has 6 nitrogen and oxygen atoms in total. The number of ketones is 1. The van der Waals surface area contributed by atoms with Gasteiger partial charge in [-0.1, -0.05) is 60.1 Å². The van der Waals surface area contributed by atoms with Crippen LogP contribution in [0.25, 0.3) is 0 Å². The predicted molar refractivity (Wildman–Crippen MR) is 147 cm³/mol. The van der Waals surface area contributed by atoms with Crippen molar-refractivity contribution in [3.63, 3.8) is 0 Å². The number of hydrogen-bond acceptors (Lipinski definition) is 4. The number of carbonyl (C=O) groups excluding carboxylic acids is 2. The Kier molecular flexibility index (Phi) is 7.76. The SMILES string of the molecule is CC(=O)c1cccc(NC(=O)c2ccc(CN(c3cc(Cl)ccc3C)S(=O)(=O)c3ccccc3)cc2)c1. The molecule has 0 aliphatic rings. The van der Waals surface area contributed by atoms with Gasteiger partial charge in [-0.05, 0) is 73.5 Å². The van der Waals surface area contributed by atoms with E-state index in [1.807, 2.05) is 6.92 Å². The van der Waals surface area contributed by atoms with Crippen molar-refractivity contribution >= 4 is 44.7 Å². The van der Waals surface area contributed by atoms with Gasteiger partial charge in [-0.3, -0.25) is 13.9 Å². The van der Waals surface area contributed by atoms with Gasteiger partial charge in [-0.25, -0.2) is 8.42 Å². The zero-order valence-electron chi connectivity index (χ0n) is 20.3. The lowest BCUT2D eigenvalue weighted by Gasteiger charge is -2.26. The quantitative estimate of drug-likeness (QED) is 0.263. The van der Waals surface area contributed by atoms with Crippen LogP contribution in [0.4, 0.5) is 11.4 Å². The first-order valence-corrected chi connectivity index (χ1v) is 13.3. The minimum atomic E-state index is -3.90. The molecule has 0 saturated carbocycles. The Morgan fingerprint density at radius 1 is 0.838 bits per heavy atom. The number of amides is 1. The number of benzene rings is 4. The third-order valence-electron chi connectivity index (χ3n) is 5.84. The number of rotatable bonds is 8. The van der Waals surface area contributed by atoms with Crippen LogP contribution in [0.1, 0.15) is 38.8 Å². The average Bonchev–Trinajstić information content (AvgIpc) is 2.89. The maximum absolute atomic E-state index is 13.6. The van der Waals surface area contributed by atoms with Crippen LogP contribution in [-0.2, 0) is 16.6 Å². The van der Waals surface area contributed by atoms with Gasteiger partial charge in [-0.2, -0.15) is 0 Å². The topological polar surface area (TPSA) is 83.6 Å². The van der Waals surface area contributed by atoms with Gasteiger partial charge < -0.3 is 5.32 Å². The summed E-state index contributed by atoms with van der Waals surface area (Å²) in [4.78, 5) is 24.5. The molecule has 0 atom stereocenters. The van der Waals surface area contributed by atoms with E-state index in [9.17, 15) is 18.0 Å². The molecule has 0 fully saturated rings. The van der Waals surface area contributed by atoms with E-state index in [0.29, 0.717) is 33.1 Å². The Morgan fingerprint density at radius 3 is 2.22 bits per heavy atom. The summed E-state index contributed by atoms with van der Waals surface area (Å²) in [6.07, 6.45) is 0. The van der Waals surface area contributed by atoms with Crippen LogP contribution in [-0.4, -0.2) is 20.1 Å². The van der Waals surface area contributed by atoms with Crippen LogP contribution < -0.4 is 9.62 Å². The van der Waals surface area contributed by atoms with Crippen molar-refractivity contribution in [1.82, 2.24) is 0 Å². The standard InChI is InChI=1S/C29H25ClN2O4S/c1-20-11-16-25(30)18-28(20)32(37(35,36)27-9-4-3-5-10-27)19-22-12-14-23(15-13-22)29(34)31-26-8-6-7-24(17-26)21(2)33/h3-18H,19H2,1-2H3,(H,31,34). The van der Waals surface area contributed by atoms with E-state index in [1.54, 1.807) is 97.1 Å². The number of aryl methyl sites for hydroxylation is 1. The molecule has 188 valence electrons. The number of hydrogen-bond donors (Lipinski definition) is 1. The molecule has 0 radical (unpaired) electrons. The normalized spacial score (nSPS) is 11.1. The second-order valence-electron chi connectivity index (χ2n) is 8.54. The third-order valence-corrected chi connectivity index (χ3v) is 7.85. The van der Waals surface area contributed by atoms with E-state index in [1.165, 1.54) is 11.2 Å². The maximum Gasteiger partial charge on any atom is 0.264 e. The molecule has 0 aliphatic carbocycles. The molecule has 0 aliphatic heterocycles. The first-order valence-electron chi connectivity index (χ1n) is 11.5. The van der Waals surface area contributed by atoms with Gasteiger partial charge in [0.15, 0.2) is 5.78 Å². The number of sulfonamides is 1. The van der Waals surface area contributed by atoms with Gasteiger partial charge in [0.1, 0.15) is 0 Å². The average molecular weight is 533 g/mol. The van der Waals surface area contributed by atoms with Gasteiger partial charge in [-0.15, -0.1) is 0 Å². The number of halogens is 1. The summed E-state index contributed by atoms with van der Waals surface area (Å²) in [5.74, 6) is -0.433. The summed E-state index contributed by atoms with van der Waals surface area (Å²) in [6, 6.07) is 26.8. The molecule has 37 heavy (non-hydrogen) atoms. The third kappa shape index (κ3) is 6.07. The molecule has 4 aromatic rings. The molecule has 1 amide bonds. The maximum atomic E-state index is 13.6. The molecule has 8 heteroatoms. The number of nitrogens with zero attached hydrogens (tertiary/aromatic N) is 1. The van der Waals surface area contributed by atoms with E-state index in [2.05, 4.69) is 5.32 Å². The van der Waals surface area contributed by atoms with Crippen molar-refractivity contribution in [3.8, 4) is 0 Å². The zero-order valence-corrected chi connectivity index (χ0v) is 21.9. The Morgan fingerprint density at radius 2 is 1.54 bits per heavy atom. The summed E-state index contributed by atoms with van der Waals surface area (Å²) < 4.78 is 28.6. The van der Waals surface area contributed by atoms with E-state index in [0.717, 1.165) is 5.56 Å². The minimum absolute atomic E-state index is 0.0426. The van der Waals surface area contributed by atoms with Crippen molar-refractivity contribution < 1.29 is 18.0 Å². The summed E-state index contributed by atoms with van der Waals surface area (Å²) in [5.41, 5.74) is 3.33. The van der Waals surface area contributed by atoms with Crippen LogP contribution in [0.15, 0.2) is 102 Å². The van der Waals surface area contributed by atoms with Crippen LogP contribution >= 0.6 is 11.6 Å². The van der Waals surface area contributed by atoms with Gasteiger partial charge in [0.2, 0.25) is 0 Å². The van der Waals surface area contributed by atoms with Gasteiger partial charge in [0.05, 0.1) is 17.1 Å². The monoisotopic (exact) mass is 532 g/mol. The smallest absolute Gasteiger partial charge is 0.264 e. The fraction of sp³-hybridized carbons (Fsp3) is 0.103. The van der Waals surface area contributed by atoms with E-state index in [4.69, 9.17) is 11.6 Å². The minimum Gasteiger partial charge on any atom is -0.322 e. The van der Waals surface area contributed by atoms with Gasteiger partial charge in [0, 0.05) is 21.8 Å². The zero-order chi connectivity index (χ0) is 26.6. The second kappa shape index (κ2) is 11.0. The predicted octanol–water partition coefficient (Wildman–Crippen LogP) is 6.50. The van der Waals surface area contributed by atoms with Crippen LogP contribution in [0.3, 0.4) is 0 Å². The summed E-state index contributed by atoms with van der Waals surface area (Å²) in [6.45, 7) is 3.33. The molecule has 1 N–H and O–H groups in total. The number of anilines is 2. The largest absolute Gasteiger partial charge is 0.322 e. The fourth-order valence-electron chi connectivity index (χ4n) is 3.82. The Balaban J connectivity index is 1.61. The highest BCUT2D eigenvalue weighted by Crippen LogP contribution is 2.31. The molecule has 4 aromatic carbocycles. The first-order chi connectivity index (χ1) is 17.6. The summed E-state index contributed by atoms with van der Waals surface area (Å²) in [7, 11) is -3.90. The second-order valence-corrected chi connectivity index (χ2v) is 10.8. The highest BCUT2D eigenvalue weighted by Gasteiger charge is 2.26. The Bertz CT molecular complexity index is 1550. The lowest BCUT2D eigenvalue weighted by Crippen LogP contribution is -2.31. The van der Waals surface area contributed by atoms with Crippen molar-refractivity contribution in [2.75, 3.05) is 9.62 Å². The molecule has 0 aromatic heterocycles. The number of carbonyl (C=O) groups is 2. The molecule has 0 saturated heterocycles. The summed E-state index contributed by atoms with van der Waals surface area (Å²) in [5, 5.41) is 3.21. The number of Topliss-reactive ketones (excluding diaryl/α,β-unsaturated/α-hetero) is 1. The lowest BCUT2D eigenvalue weighted by atomic mass is 10.1. The van der Waals surface area contributed by atoms with E-state index >= 15 is 0 Å². The lowest BCUT2D eigenvalue weighted by molar-refractivity contribution is 0.101. The van der Waals surface area contributed by atoms with Gasteiger partial charge >= 0.3 is 0 Å². The van der Waals surface area contributed by atoms with Crippen molar-refractivity contribution in [1.29, 1.82) is 0 Å². The highest BCUT2D eigenvalue weighted by atomic mass is 35.5. The van der Waals surface area contributed by atoms with E-state index < -0.39 is 10.0 Å². The summed E-state index contributed by atoms with van der Waals surface area (Å²) >= 11 is 6.22. The fourth-order valence-corrected chi connectivity index (χ4v) is 5.51. The molecule has 0 heterocycles. The molecular weight excluding hydrogens is 508 g/mol. The molecule has 0 bridgehead atoms.